The summed E-state index contributed by atoms with van der Waals surface area (Å²) in [4.78, 5) is 20.6. The van der Waals surface area contributed by atoms with Crippen molar-refractivity contribution in [1.82, 2.24) is 0 Å². The number of epoxide rings is 1. The van der Waals surface area contributed by atoms with Gasteiger partial charge in [-0.3, -0.25) is 9.59 Å². The number of aldehydes is 1. The molecule has 0 radical (unpaired) electrons. The van der Waals surface area contributed by atoms with Crippen LogP contribution in [-0.2, 0) is 27.2 Å². The average molecular weight is 331 g/mol. The first-order chi connectivity index (χ1) is 10.6. The molecule has 1 aliphatic heterocycles. The molecule has 0 saturated carbocycles. The van der Waals surface area contributed by atoms with Gasteiger partial charge in [0.25, 0.3) is 0 Å². The third kappa shape index (κ3) is 6.50. The van der Waals surface area contributed by atoms with Gasteiger partial charge in [0.15, 0.2) is 5.78 Å². The largest absolute Gasteiger partial charge is 0.446 e. The molecule has 1 aromatic rings. The van der Waals surface area contributed by atoms with Gasteiger partial charge >= 0.3 is 6.18 Å². The number of benzene rings is 1. The van der Waals surface area contributed by atoms with Crippen molar-refractivity contribution >= 4 is 12.1 Å². The van der Waals surface area contributed by atoms with E-state index in [1.54, 1.807) is 6.92 Å². The highest BCUT2D eigenvalue weighted by Gasteiger charge is 2.48. The smallest absolute Gasteiger partial charge is 0.362 e. The minimum atomic E-state index is -4.64. The Morgan fingerprint density at radius 3 is 2.13 bits per heavy atom. The molecule has 0 aromatic heterocycles. The van der Waals surface area contributed by atoms with Crippen molar-refractivity contribution in [3.63, 3.8) is 0 Å². The molecule has 4 nitrogen and oxygen atoms in total. The number of ether oxygens (including phenoxy) is 1. The molecule has 2 atom stereocenters. The van der Waals surface area contributed by atoms with Gasteiger partial charge in [-0.1, -0.05) is 31.2 Å². The van der Waals surface area contributed by atoms with Gasteiger partial charge in [0.1, 0.15) is 5.60 Å². The number of hydrogen-bond donors (Lipinski definition) is 1. The molecule has 0 aliphatic carbocycles. The van der Waals surface area contributed by atoms with Gasteiger partial charge < -0.3 is 10.5 Å². The summed E-state index contributed by atoms with van der Waals surface area (Å²) in [6, 6.07) is 7.79. The maximum absolute atomic E-state index is 11.9. The minimum absolute atomic E-state index is 0.0112. The third-order valence-corrected chi connectivity index (χ3v) is 3.46. The lowest BCUT2D eigenvalue weighted by molar-refractivity contribution is -0.156. The standard InChI is InChI=1S/C14H19NO2.C2HF3O/c1-3-10-4-6-11(7-5-10)8-12(15)13(16)14(2)9-17-14;3-2(4,5)1-6/h4-7,12H,3,8-9,15H2,1-2H3;1H/t12-,14+;/m0./s1. The Morgan fingerprint density at radius 1 is 1.35 bits per heavy atom. The van der Waals surface area contributed by atoms with Crippen LogP contribution in [0.5, 0.6) is 0 Å². The molecule has 1 aromatic carbocycles. The Hall–Kier alpha value is -1.73. The quantitative estimate of drug-likeness (QED) is 0.663. The maximum atomic E-state index is 11.9. The molecule has 0 bridgehead atoms. The SMILES string of the molecule is CCc1ccc(C[C@H](N)C(=O)[C@@]2(C)CO2)cc1.O=CC(F)(F)F. The number of Topliss-reactive ketones (excluding diaryl/α,β-unsaturated/α-hetero) is 1. The van der Waals surface area contributed by atoms with Crippen molar-refractivity contribution in [3.05, 3.63) is 35.4 Å². The van der Waals surface area contributed by atoms with Gasteiger partial charge in [-0.2, -0.15) is 13.2 Å². The van der Waals surface area contributed by atoms with E-state index >= 15 is 0 Å². The van der Waals surface area contributed by atoms with Crippen molar-refractivity contribution in [1.29, 1.82) is 0 Å². The first kappa shape index (κ1) is 19.3. The third-order valence-electron chi connectivity index (χ3n) is 3.46. The molecule has 2 N–H and O–H groups in total. The van der Waals surface area contributed by atoms with E-state index in [4.69, 9.17) is 15.3 Å². The molecule has 0 amide bonds. The topological polar surface area (TPSA) is 72.7 Å². The monoisotopic (exact) mass is 331 g/mol. The van der Waals surface area contributed by atoms with Crippen molar-refractivity contribution < 1.29 is 27.5 Å². The molecule has 1 aliphatic rings. The summed E-state index contributed by atoms with van der Waals surface area (Å²) in [7, 11) is 0. The molecular weight excluding hydrogens is 311 g/mol. The van der Waals surface area contributed by atoms with E-state index in [1.807, 2.05) is 12.1 Å². The lowest BCUT2D eigenvalue weighted by atomic mass is 9.95. The first-order valence-corrected chi connectivity index (χ1v) is 7.16. The fourth-order valence-electron chi connectivity index (χ4n) is 1.90. The summed E-state index contributed by atoms with van der Waals surface area (Å²) in [5.74, 6) is 0.0112. The van der Waals surface area contributed by atoms with Gasteiger partial charge in [0, 0.05) is 0 Å². The number of ketones is 1. The van der Waals surface area contributed by atoms with Crippen LogP contribution >= 0.6 is 0 Å². The number of alkyl halides is 3. The van der Waals surface area contributed by atoms with Gasteiger partial charge in [0.2, 0.25) is 6.29 Å². The molecule has 1 fully saturated rings. The number of nitrogens with two attached hydrogens (primary N) is 1. The molecule has 128 valence electrons. The summed E-state index contributed by atoms with van der Waals surface area (Å²) in [6.45, 7) is 4.43. The summed E-state index contributed by atoms with van der Waals surface area (Å²) in [5, 5.41) is 0. The highest BCUT2D eigenvalue weighted by atomic mass is 19.4. The Kier molecular flexibility index (Phi) is 6.47. The van der Waals surface area contributed by atoms with Crippen LogP contribution in [0, 0.1) is 0 Å². The molecular formula is C16H20F3NO3. The highest BCUT2D eigenvalue weighted by Crippen LogP contribution is 2.28. The van der Waals surface area contributed by atoms with Crippen LogP contribution < -0.4 is 5.73 Å². The van der Waals surface area contributed by atoms with E-state index in [-0.39, 0.29) is 5.78 Å². The molecule has 7 heteroatoms. The van der Waals surface area contributed by atoms with Crippen LogP contribution in [0.2, 0.25) is 0 Å². The van der Waals surface area contributed by atoms with Crippen molar-refractivity contribution in [3.8, 4) is 0 Å². The predicted molar refractivity (Wildman–Crippen MR) is 79.0 cm³/mol. The van der Waals surface area contributed by atoms with Crippen molar-refractivity contribution in [2.75, 3.05) is 6.61 Å². The van der Waals surface area contributed by atoms with E-state index in [0.29, 0.717) is 13.0 Å². The molecule has 1 saturated heterocycles. The van der Waals surface area contributed by atoms with E-state index in [0.717, 1.165) is 12.0 Å². The van der Waals surface area contributed by atoms with Crippen LogP contribution in [0.1, 0.15) is 25.0 Å². The molecule has 2 rings (SSSR count). The van der Waals surface area contributed by atoms with Crippen LogP contribution in [0.25, 0.3) is 0 Å². The number of rotatable bonds is 5. The maximum Gasteiger partial charge on any atom is 0.446 e. The number of aryl methyl sites for hydroxylation is 1. The lowest BCUT2D eigenvalue weighted by Gasteiger charge is -2.13. The zero-order chi connectivity index (χ0) is 17.7. The van der Waals surface area contributed by atoms with Gasteiger partial charge in [-0.25, -0.2) is 0 Å². The van der Waals surface area contributed by atoms with E-state index in [1.165, 1.54) is 5.56 Å². The van der Waals surface area contributed by atoms with Crippen molar-refractivity contribution in [2.24, 2.45) is 5.73 Å². The number of carbonyl (C=O) groups excluding carboxylic acids is 2. The van der Waals surface area contributed by atoms with E-state index in [2.05, 4.69) is 19.1 Å². The second kappa shape index (κ2) is 7.70. The molecule has 23 heavy (non-hydrogen) atoms. The summed E-state index contributed by atoms with van der Waals surface area (Å²) in [6.07, 6.45) is -4.09. The predicted octanol–water partition coefficient (Wildman–Crippen LogP) is 2.22. The van der Waals surface area contributed by atoms with Gasteiger partial charge in [0.05, 0.1) is 12.6 Å². The number of carbonyl (C=O) groups is 2. The number of halogens is 3. The molecule has 0 unspecified atom stereocenters. The highest BCUT2D eigenvalue weighted by molar-refractivity contribution is 5.93. The second-order valence-electron chi connectivity index (χ2n) is 5.52. The van der Waals surface area contributed by atoms with Crippen LogP contribution in [-0.4, -0.2) is 36.5 Å². The fourth-order valence-corrected chi connectivity index (χ4v) is 1.90. The zero-order valence-corrected chi connectivity index (χ0v) is 13.0. The summed E-state index contributed by atoms with van der Waals surface area (Å²) >= 11 is 0. The Bertz CT molecular complexity index is 536. The summed E-state index contributed by atoms with van der Waals surface area (Å²) < 4.78 is 36.4. The second-order valence-corrected chi connectivity index (χ2v) is 5.52. The van der Waals surface area contributed by atoms with E-state index < -0.39 is 24.1 Å². The Labute approximate surface area is 132 Å². The number of hydrogen-bond acceptors (Lipinski definition) is 4. The van der Waals surface area contributed by atoms with E-state index in [9.17, 15) is 18.0 Å². The van der Waals surface area contributed by atoms with Crippen LogP contribution in [0.4, 0.5) is 13.2 Å². The average Bonchev–Trinajstić information content (AvgIpc) is 3.26. The molecule has 1 heterocycles. The fraction of sp³-hybridized carbons (Fsp3) is 0.500. The normalized spacial score (nSPS) is 21.0. The Balaban J connectivity index is 0.000000379. The van der Waals surface area contributed by atoms with Crippen molar-refractivity contribution in [2.45, 2.75) is 44.5 Å². The minimum Gasteiger partial charge on any atom is -0.362 e. The molecule has 0 spiro atoms. The van der Waals surface area contributed by atoms with Gasteiger partial charge in [-0.05, 0) is 30.9 Å². The lowest BCUT2D eigenvalue weighted by Crippen LogP contribution is -2.40. The van der Waals surface area contributed by atoms with Gasteiger partial charge in [-0.15, -0.1) is 0 Å². The first-order valence-electron chi connectivity index (χ1n) is 7.16. The summed E-state index contributed by atoms with van der Waals surface area (Å²) in [5.41, 5.74) is 7.71. The Morgan fingerprint density at radius 2 is 1.78 bits per heavy atom. The van der Waals surface area contributed by atoms with Crippen LogP contribution in [0.3, 0.4) is 0 Å². The van der Waals surface area contributed by atoms with Crippen LogP contribution in [0.15, 0.2) is 24.3 Å². The zero-order valence-electron chi connectivity index (χ0n) is 13.0.